The lowest BCUT2D eigenvalue weighted by molar-refractivity contribution is -0.149. The summed E-state index contributed by atoms with van der Waals surface area (Å²) in [5.74, 6) is 1.39. The van der Waals surface area contributed by atoms with Crippen molar-refractivity contribution in [3.8, 4) is 5.75 Å². The summed E-state index contributed by atoms with van der Waals surface area (Å²) in [7, 11) is 3.09. The average molecular weight is 342 g/mol. The SMILES string of the molecule is COC(=O)[C@H]1C[C@H]2[C@H]3CCc4cc(OC)ccc4[C@H]3CC[C@]2(C)C1=O. The van der Waals surface area contributed by atoms with E-state index in [4.69, 9.17) is 9.47 Å². The lowest BCUT2D eigenvalue weighted by Crippen LogP contribution is -2.42. The summed E-state index contributed by atoms with van der Waals surface area (Å²) in [5, 5.41) is 0. The number of Topliss-reactive ketones (excluding diaryl/α,β-unsaturated/α-hetero) is 1. The second kappa shape index (κ2) is 5.86. The van der Waals surface area contributed by atoms with Crippen LogP contribution in [0.25, 0.3) is 0 Å². The van der Waals surface area contributed by atoms with Crippen LogP contribution in [0.2, 0.25) is 0 Å². The number of benzene rings is 1. The number of methoxy groups -OCH3 is 2. The van der Waals surface area contributed by atoms with E-state index in [1.54, 1.807) is 7.11 Å². The van der Waals surface area contributed by atoms with E-state index in [0.717, 1.165) is 31.4 Å². The monoisotopic (exact) mass is 342 g/mol. The van der Waals surface area contributed by atoms with Crippen molar-refractivity contribution in [2.75, 3.05) is 14.2 Å². The first kappa shape index (κ1) is 16.6. The Hall–Kier alpha value is -1.84. The molecule has 0 radical (unpaired) electrons. The number of ether oxygens (including phenoxy) is 2. The van der Waals surface area contributed by atoms with Crippen molar-refractivity contribution in [3.05, 3.63) is 29.3 Å². The predicted molar refractivity (Wildman–Crippen MR) is 93.5 cm³/mol. The zero-order valence-electron chi connectivity index (χ0n) is 15.2. The molecule has 0 unspecified atom stereocenters. The molecular formula is C21H26O4. The number of hydrogen-bond acceptors (Lipinski definition) is 4. The first-order valence-corrected chi connectivity index (χ1v) is 9.28. The standard InChI is InChI=1S/C21H26O4/c1-21-9-8-15-14-7-5-13(24-2)10-12(14)4-6-16(15)18(21)11-17(19(21)22)20(23)25-3/h5,7,10,15-18H,4,6,8-9,11H2,1-3H3/t15-,16+,17+,18+,21+/m1/s1. The van der Waals surface area contributed by atoms with Gasteiger partial charge in [-0.15, -0.1) is 0 Å². The van der Waals surface area contributed by atoms with Crippen LogP contribution < -0.4 is 4.74 Å². The highest BCUT2D eigenvalue weighted by atomic mass is 16.5. The highest BCUT2D eigenvalue weighted by Gasteiger charge is 2.59. The van der Waals surface area contributed by atoms with Crippen molar-refractivity contribution in [2.45, 2.75) is 44.9 Å². The van der Waals surface area contributed by atoms with Gasteiger partial charge in [0.15, 0.2) is 5.78 Å². The smallest absolute Gasteiger partial charge is 0.316 e. The van der Waals surface area contributed by atoms with Gasteiger partial charge < -0.3 is 9.47 Å². The van der Waals surface area contributed by atoms with Crippen LogP contribution in [0, 0.1) is 23.2 Å². The molecule has 0 N–H and O–H groups in total. The summed E-state index contributed by atoms with van der Waals surface area (Å²) in [6, 6.07) is 6.42. The third kappa shape index (κ3) is 2.33. The van der Waals surface area contributed by atoms with Crippen LogP contribution >= 0.6 is 0 Å². The molecule has 134 valence electrons. The second-order valence-corrected chi connectivity index (χ2v) is 8.11. The normalized spacial score (nSPS) is 36.2. The van der Waals surface area contributed by atoms with E-state index >= 15 is 0 Å². The van der Waals surface area contributed by atoms with E-state index in [1.807, 2.05) is 6.07 Å². The van der Waals surface area contributed by atoms with Crippen molar-refractivity contribution in [3.63, 3.8) is 0 Å². The zero-order valence-corrected chi connectivity index (χ0v) is 15.2. The second-order valence-electron chi connectivity index (χ2n) is 8.11. The van der Waals surface area contributed by atoms with Crippen molar-refractivity contribution < 1.29 is 19.1 Å². The van der Waals surface area contributed by atoms with Crippen LogP contribution in [0.15, 0.2) is 18.2 Å². The van der Waals surface area contributed by atoms with Gasteiger partial charge in [-0.2, -0.15) is 0 Å². The Kier molecular flexibility index (Phi) is 3.89. The van der Waals surface area contributed by atoms with Gasteiger partial charge in [-0.3, -0.25) is 9.59 Å². The van der Waals surface area contributed by atoms with E-state index in [1.165, 1.54) is 18.2 Å². The molecule has 4 rings (SSSR count). The molecular weight excluding hydrogens is 316 g/mol. The van der Waals surface area contributed by atoms with Crippen LogP contribution in [-0.2, 0) is 20.7 Å². The summed E-state index contributed by atoms with van der Waals surface area (Å²) < 4.78 is 10.3. The van der Waals surface area contributed by atoms with Crippen molar-refractivity contribution in [1.82, 2.24) is 0 Å². The fourth-order valence-electron chi connectivity index (χ4n) is 5.85. The van der Waals surface area contributed by atoms with Crippen molar-refractivity contribution >= 4 is 11.8 Å². The largest absolute Gasteiger partial charge is 0.497 e. The van der Waals surface area contributed by atoms with Crippen LogP contribution in [-0.4, -0.2) is 26.0 Å². The Bertz CT molecular complexity index is 725. The molecule has 5 atom stereocenters. The Labute approximate surface area is 148 Å². The van der Waals surface area contributed by atoms with E-state index in [2.05, 4.69) is 19.1 Å². The van der Waals surface area contributed by atoms with Gasteiger partial charge in [0, 0.05) is 5.41 Å². The molecule has 1 aromatic rings. The van der Waals surface area contributed by atoms with Crippen molar-refractivity contribution in [1.29, 1.82) is 0 Å². The Balaban J connectivity index is 1.67. The number of hydrogen-bond donors (Lipinski definition) is 0. The topological polar surface area (TPSA) is 52.6 Å². The van der Waals surface area contributed by atoms with E-state index in [0.29, 0.717) is 18.3 Å². The van der Waals surface area contributed by atoms with Gasteiger partial charge in [-0.25, -0.2) is 0 Å². The summed E-state index contributed by atoms with van der Waals surface area (Å²) in [5.41, 5.74) is 2.45. The maximum Gasteiger partial charge on any atom is 0.316 e. The van der Waals surface area contributed by atoms with Crippen molar-refractivity contribution in [2.24, 2.45) is 23.2 Å². The quantitative estimate of drug-likeness (QED) is 0.609. The molecule has 0 aromatic heterocycles. The first-order chi connectivity index (χ1) is 12.0. The van der Waals surface area contributed by atoms with Gasteiger partial charge in [-0.05, 0) is 73.1 Å². The number of esters is 1. The van der Waals surface area contributed by atoms with Crippen LogP contribution in [0.5, 0.6) is 5.75 Å². The van der Waals surface area contributed by atoms with Crippen LogP contribution in [0.3, 0.4) is 0 Å². The lowest BCUT2D eigenvalue weighted by Gasteiger charge is -2.48. The van der Waals surface area contributed by atoms with E-state index in [-0.39, 0.29) is 23.1 Å². The molecule has 0 spiro atoms. The summed E-state index contributed by atoms with van der Waals surface area (Å²) in [4.78, 5) is 25.0. The minimum absolute atomic E-state index is 0.114. The highest BCUT2D eigenvalue weighted by molar-refractivity contribution is 6.03. The Morgan fingerprint density at radius 3 is 2.76 bits per heavy atom. The first-order valence-electron chi connectivity index (χ1n) is 9.28. The highest BCUT2D eigenvalue weighted by Crippen LogP contribution is 2.60. The minimum Gasteiger partial charge on any atom is -0.497 e. The van der Waals surface area contributed by atoms with Gasteiger partial charge in [-0.1, -0.05) is 13.0 Å². The predicted octanol–water partition coefficient (Wildman–Crippen LogP) is 3.52. The minimum atomic E-state index is -0.559. The average Bonchev–Trinajstić information content (AvgIpc) is 2.91. The van der Waals surface area contributed by atoms with Crippen LogP contribution in [0.1, 0.15) is 49.7 Å². The number of carbonyl (C=O) groups is 2. The fraction of sp³-hybridized carbons (Fsp3) is 0.619. The molecule has 4 heteroatoms. The van der Waals surface area contributed by atoms with E-state index in [9.17, 15) is 9.59 Å². The molecule has 0 bridgehead atoms. The fourth-order valence-corrected chi connectivity index (χ4v) is 5.85. The third-order valence-electron chi connectivity index (χ3n) is 7.18. The number of rotatable bonds is 2. The molecule has 1 aromatic carbocycles. The van der Waals surface area contributed by atoms with Gasteiger partial charge in [0.05, 0.1) is 14.2 Å². The summed E-state index contributed by atoms with van der Waals surface area (Å²) >= 11 is 0. The molecule has 2 fully saturated rings. The molecule has 3 aliphatic carbocycles. The molecule has 0 amide bonds. The van der Waals surface area contributed by atoms with Gasteiger partial charge in [0.2, 0.25) is 0 Å². The molecule has 25 heavy (non-hydrogen) atoms. The number of ketones is 1. The van der Waals surface area contributed by atoms with Crippen LogP contribution in [0.4, 0.5) is 0 Å². The Morgan fingerprint density at radius 2 is 2.04 bits per heavy atom. The molecule has 0 saturated heterocycles. The van der Waals surface area contributed by atoms with E-state index < -0.39 is 5.92 Å². The molecule has 3 aliphatic rings. The van der Waals surface area contributed by atoms with Gasteiger partial charge in [0.1, 0.15) is 11.7 Å². The summed E-state index contributed by atoms with van der Waals surface area (Å²) in [6.45, 7) is 2.09. The van der Waals surface area contributed by atoms with Gasteiger partial charge in [0.25, 0.3) is 0 Å². The van der Waals surface area contributed by atoms with Gasteiger partial charge >= 0.3 is 5.97 Å². The molecule has 0 heterocycles. The summed E-state index contributed by atoms with van der Waals surface area (Å²) in [6.07, 6.45) is 4.67. The third-order valence-corrected chi connectivity index (χ3v) is 7.18. The Morgan fingerprint density at radius 1 is 1.24 bits per heavy atom. The molecule has 0 aliphatic heterocycles. The number of carbonyl (C=O) groups excluding carboxylic acids is 2. The zero-order chi connectivity index (χ0) is 17.8. The molecule has 2 saturated carbocycles. The maximum atomic E-state index is 12.9. The molecule has 4 nitrogen and oxygen atoms in total. The maximum absolute atomic E-state index is 12.9. The lowest BCUT2D eigenvalue weighted by atomic mass is 9.55. The number of fused-ring (bicyclic) bond motifs is 5. The number of aryl methyl sites for hydroxylation is 1.